The zero-order chi connectivity index (χ0) is 19.4. The number of hydrogen-bond acceptors (Lipinski definition) is 4. The van der Waals surface area contributed by atoms with E-state index in [0.29, 0.717) is 30.8 Å². The summed E-state index contributed by atoms with van der Waals surface area (Å²) in [5, 5.41) is 2.88. The zero-order valence-electron chi connectivity index (χ0n) is 15.4. The fourth-order valence-electron chi connectivity index (χ4n) is 3.24. The molecule has 1 aliphatic heterocycles. The summed E-state index contributed by atoms with van der Waals surface area (Å²) in [7, 11) is 1.63. The Morgan fingerprint density at radius 1 is 1.19 bits per heavy atom. The van der Waals surface area contributed by atoms with Crippen LogP contribution in [0.15, 0.2) is 47.4 Å². The number of nitrogens with one attached hydrogen (secondary N) is 1. The molecule has 1 saturated heterocycles. The number of pyridine rings is 1. The van der Waals surface area contributed by atoms with E-state index in [9.17, 15) is 14.4 Å². The molecular formula is C20H24N4O3. The molecule has 1 fully saturated rings. The lowest BCUT2D eigenvalue weighted by Gasteiger charge is -2.34. The molecule has 142 valence electrons. The second kappa shape index (κ2) is 8.18. The van der Waals surface area contributed by atoms with E-state index in [1.807, 2.05) is 12.1 Å². The van der Waals surface area contributed by atoms with Gasteiger partial charge in [0.05, 0.1) is 0 Å². The molecule has 3 rings (SSSR count). The van der Waals surface area contributed by atoms with Gasteiger partial charge in [-0.1, -0.05) is 12.1 Å². The number of piperidine rings is 1. The number of benzene rings is 1. The number of likely N-dealkylation sites (tertiary alicyclic amines) is 1. The van der Waals surface area contributed by atoms with Crippen molar-refractivity contribution in [3.63, 3.8) is 0 Å². The average molecular weight is 368 g/mol. The summed E-state index contributed by atoms with van der Waals surface area (Å²) >= 11 is 0. The van der Waals surface area contributed by atoms with Gasteiger partial charge in [-0.05, 0) is 43.0 Å². The second-order valence-corrected chi connectivity index (χ2v) is 6.76. The third kappa shape index (κ3) is 4.25. The highest BCUT2D eigenvalue weighted by Gasteiger charge is 2.32. The predicted molar refractivity (Wildman–Crippen MR) is 103 cm³/mol. The molecule has 2 aromatic rings. The largest absolute Gasteiger partial charge is 0.327 e. The van der Waals surface area contributed by atoms with Crippen molar-refractivity contribution >= 4 is 17.5 Å². The molecule has 27 heavy (non-hydrogen) atoms. The van der Waals surface area contributed by atoms with E-state index in [4.69, 9.17) is 5.73 Å². The number of rotatable bonds is 4. The van der Waals surface area contributed by atoms with Gasteiger partial charge in [0.1, 0.15) is 6.04 Å². The van der Waals surface area contributed by atoms with Crippen LogP contribution in [-0.4, -0.2) is 33.9 Å². The van der Waals surface area contributed by atoms with E-state index in [0.717, 1.165) is 18.4 Å². The molecule has 1 atom stereocenters. The number of aromatic nitrogens is 1. The minimum absolute atomic E-state index is 0.215. The normalized spacial score (nSPS) is 16.8. The molecule has 1 aromatic heterocycles. The van der Waals surface area contributed by atoms with Crippen molar-refractivity contribution < 1.29 is 9.59 Å². The summed E-state index contributed by atoms with van der Waals surface area (Å²) < 4.78 is 1.40. The number of aryl methyl sites for hydroxylation is 1. The average Bonchev–Trinajstić information content (AvgIpc) is 2.70. The van der Waals surface area contributed by atoms with Gasteiger partial charge in [-0.2, -0.15) is 0 Å². The highest BCUT2D eigenvalue weighted by atomic mass is 16.2. The summed E-state index contributed by atoms with van der Waals surface area (Å²) in [5.41, 5.74) is 7.30. The zero-order valence-corrected chi connectivity index (χ0v) is 15.4. The molecule has 0 saturated carbocycles. The first-order chi connectivity index (χ1) is 13.0. The highest BCUT2D eigenvalue weighted by molar-refractivity contribution is 6.01. The molecule has 3 N–H and O–H groups in total. The van der Waals surface area contributed by atoms with Crippen molar-refractivity contribution in [2.24, 2.45) is 12.8 Å². The first-order valence-electron chi connectivity index (χ1n) is 9.07. The monoisotopic (exact) mass is 368 g/mol. The lowest BCUT2D eigenvalue weighted by atomic mass is 10.00. The number of hydrogen-bond donors (Lipinski definition) is 2. The van der Waals surface area contributed by atoms with Crippen LogP contribution < -0.4 is 16.6 Å². The Morgan fingerprint density at radius 3 is 2.59 bits per heavy atom. The van der Waals surface area contributed by atoms with Crippen LogP contribution in [0, 0.1) is 0 Å². The van der Waals surface area contributed by atoms with E-state index < -0.39 is 6.04 Å². The number of amides is 2. The smallest absolute Gasteiger partial charge is 0.254 e. The van der Waals surface area contributed by atoms with Crippen LogP contribution in [-0.2, 0) is 18.4 Å². The van der Waals surface area contributed by atoms with E-state index in [-0.39, 0.29) is 17.4 Å². The van der Waals surface area contributed by atoms with E-state index in [2.05, 4.69) is 5.32 Å². The minimum Gasteiger partial charge on any atom is -0.327 e. The van der Waals surface area contributed by atoms with Crippen LogP contribution in [0.5, 0.6) is 0 Å². The van der Waals surface area contributed by atoms with Crippen molar-refractivity contribution in [2.45, 2.75) is 31.8 Å². The summed E-state index contributed by atoms with van der Waals surface area (Å²) in [6.07, 6.45) is 3.88. The van der Waals surface area contributed by atoms with Gasteiger partial charge in [0.2, 0.25) is 5.91 Å². The molecule has 7 nitrogen and oxygen atoms in total. The fourth-order valence-corrected chi connectivity index (χ4v) is 3.24. The summed E-state index contributed by atoms with van der Waals surface area (Å²) in [4.78, 5) is 39.1. The lowest BCUT2D eigenvalue weighted by molar-refractivity contribution is -0.121. The first kappa shape index (κ1) is 18.8. The van der Waals surface area contributed by atoms with Gasteiger partial charge in [0, 0.05) is 43.7 Å². The molecule has 0 bridgehead atoms. The van der Waals surface area contributed by atoms with Crippen LogP contribution in [0.2, 0.25) is 0 Å². The fraction of sp³-hybridized carbons (Fsp3) is 0.350. The third-order valence-electron chi connectivity index (χ3n) is 4.87. The third-order valence-corrected chi connectivity index (χ3v) is 4.87. The SMILES string of the molecule is Cn1ccc(C(=O)N2CCCCC2C(=O)Nc2ccc(CN)cc2)cc1=O. The molecule has 1 aromatic carbocycles. The van der Waals surface area contributed by atoms with Gasteiger partial charge >= 0.3 is 0 Å². The van der Waals surface area contributed by atoms with E-state index in [1.165, 1.54) is 10.6 Å². The van der Waals surface area contributed by atoms with Crippen molar-refractivity contribution in [2.75, 3.05) is 11.9 Å². The van der Waals surface area contributed by atoms with Crippen molar-refractivity contribution in [3.8, 4) is 0 Å². The molecule has 1 unspecified atom stereocenters. The van der Waals surface area contributed by atoms with Gasteiger partial charge in [0.25, 0.3) is 11.5 Å². The van der Waals surface area contributed by atoms with Gasteiger partial charge in [0.15, 0.2) is 0 Å². The van der Waals surface area contributed by atoms with E-state index in [1.54, 1.807) is 36.3 Å². The van der Waals surface area contributed by atoms with Crippen LogP contribution in [0.1, 0.15) is 35.2 Å². The van der Waals surface area contributed by atoms with Crippen LogP contribution in [0.4, 0.5) is 5.69 Å². The topological polar surface area (TPSA) is 97.4 Å². The number of carbonyl (C=O) groups is 2. The standard InChI is InChI=1S/C20H24N4O3/c1-23-11-9-15(12-18(23)25)20(27)24-10-3-2-4-17(24)19(26)22-16-7-5-14(13-21)6-8-16/h5-9,11-12,17H,2-4,10,13,21H2,1H3,(H,22,26). The van der Waals surface area contributed by atoms with Crippen LogP contribution in [0.3, 0.4) is 0 Å². The Morgan fingerprint density at radius 2 is 1.93 bits per heavy atom. The number of carbonyl (C=O) groups excluding carboxylic acids is 2. The Bertz CT molecular complexity index is 889. The van der Waals surface area contributed by atoms with Crippen molar-refractivity contribution in [1.29, 1.82) is 0 Å². The number of anilines is 1. The Labute approximate surface area is 157 Å². The molecule has 0 spiro atoms. The van der Waals surface area contributed by atoms with Gasteiger partial charge in [-0.15, -0.1) is 0 Å². The maximum Gasteiger partial charge on any atom is 0.254 e. The van der Waals surface area contributed by atoms with Gasteiger partial charge in [-0.25, -0.2) is 0 Å². The molecular weight excluding hydrogens is 344 g/mol. The molecule has 2 heterocycles. The quantitative estimate of drug-likeness (QED) is 0.854. The van der Waals surface area contributed by atoms with Gasteiger partial charge < -0.3 is 20.5 Å². The Hall–Kier alpha value is -2.93. The van der Waals surface area contributed by atoms with Crippen molar-refractivity contribution in [1.82, 2.24) is 9.47 Å². The molecule has 0 radical (unpaired) electrons. The van der Waals surface area contributed by atoms with Crippen LogP contribution in [0.25, 0.3) is 0 Å². The van der Waals surface area contributed by atoms with Crippen LogP contribution >= 0.6 is 0 Å². The van der Waals surface area contributed by atoms with Crippen molar-refractivity contribution in [3.05, 3.63) is 64.1 Å². The summed E-state index contributed by atoms with van der Waals surface area (Å²) in [5.74, 6) is -0.501. The molecule has 2 amide bonds. The molecule has 0 aliphatic carbocycles. The maximum absolute atomic E-state index is 12.9. The molecule has 7 heteroatoms. The Balaban J connectivity index is 1.77. The number of nitrogens with two attached hydrogens (primary N) is 1. The second-order valence-electron chi connectivity index (χ2n) is 6.76. The summed E-state index contributed by atoms with van der Waals surface area (Å²) in [6, 6.07) is 9.70. The maximum atomic E-state index is 12.9. The minimum atomic E-state index is -0.551. The van der Waals surface area contributed by atoms with E-state index >= 15 is 0 Å². The molecule has 1 aliphatic rings. The number of nitrogens with zero attached hydrogens (tertiary/aromatic N) is 2. The predicted octanol–water partition coefficient (Wildman–Crippen LogP) is 1.48. The first-order valence-corrected chi connectivity index (χ1v) is 9.07. The van der Waals surface area contributed by atoms with Gasteiger partial charge in [-0.3, -0.25) is 14.4 Å². The Kier molecular flexibility index (Phi) is 5.71. The lowest BCUT2D eigenvalue weighted by Crippen LogP contribution is -2.50. The highest BCUT2D eigenvalue weighted by Crippen LogP contribution is 2.21. The summed E-state index contributed by atoms with van der Waals surface area (Å²) in [6.45, 7) is 0.938.